The number of para-hydroxylation sites is 1. The molecule has 0 aromatic heterocycles. The number of carbonyl (C=O) groups is 1. The first kappa shape index (κ1) is 14.8. The van der Waals surface area contributed by atoms with E-state index >= 15 is 0 Å². The van der Waals surface area contributed by atoms with E-state index in [1.165, 1.54) is 7.05 Å². The minimum atomic E-state index is -0.612. The number of ether oxygens (including phenoxy) is 1. The zero-order chi connectivity index (χ0) is 15.7. The SMILES string of the molecule is C[NH+]([O-])C(=O)C1=C(c2ccc(Cl)cc2)Cc2ccccc2O1. The largest absolute Gasteiger partial charge is 0.627 e. The summed E-state index contributed by atoms with van der Waals surface area (Å²) in [7, 11) is 1.25. The Morgan fingerprint density at radius 1 is 1.18 bits per heavy atom. The summed E-state index contributed by atoms with van der Waals surface area (Å²) in [6, 6.07) is 14.6. The molecule has 0 bridgehead atoms. The summed E-state index contributed by atoms with van der Waals surface area (Å²) in [6.07, 6.45) is 0.534. The predicted octanol–water partition coefficient (Wildman–Crippen LogP) is 2.23. The van der Waals surface area contributed by atoms with Crippen LogP contribution in [-0.4, -0.2) is 13.0 Å². The average molecular weight is 316 g/mol. The number of amides is 1. The van der Waals surface area contributed by atoms with Crippen LogP contribution in [0.3, 0.4) is 0 Å². The van der Waals surface area contributed by atoms with Crippen molar-refractivity contribution < 1.29 is 14.6 Å². The minimum absolute atomic E-state index is 0.105. The molecule has 3 rings (SSSR count). The van der Waals surface area contributed by atoms with Gasteiger partial charge in [-0.3, -0.25) is 0 Å². The number of hydrogen-bond acceptors (Lipinski definition) is 3. The molecule has 4 nitrogen and oxygen atoms in total. The molecule has 1 aliphatic rings. The van der Waals surface area contributed by atoms with Gasteiger partial charge in [0.2, 0.25) is 5.76 Å². The number of nitrogens with one attached hydrogen (secondary N) is 1. The van der Waals surface area contributed by atoms with Gasteiger partial charge in [0.15, 0.2) is 0 Å². The number of likely N-dealkylation sites (N-methyl/N-ethyl adjacent to an activating group) is 1. The highest BCUT2D eigenvalue weighted by molar-refractivity contribution is 6.30. The van der Waals surface area contributed by atoms with Crippen LogP contribution in [0.25, 0.3) is 5.57 Å². The first-order valence-corrected chi connectivity index (χ1v) is 7.24. The average Bonchev–Trinajstić information content (AvgIpc) is 2.53. The molecule has 1 atom stereocenters. The van der Waals surface area contributed by atoms with Gasteiger partial charge in [-0.1, -0.05) is 41.9 Å². The lowest BCUT2D eigenvalue weighted by Crippen LogP contribution is -3.07. The molecular formula is C17H14ClNO3. The summed E-state index contributed by atoms with van der Waals surface area (Å²) in [6.45, 7) is 0. The molecule has 1 amide bonds. The highest BCUT2D eigenvalue weighted by Crippen LogP contribution is 2.34. The van der Waals surface area contributed by atoms with Crippen LogP contribution < -0.4 is 9.80 Å². The fraction of sp³-hybridized carbons (Fsp3) is 0.118. The Morgan fingerprint density at radius 2 is 1.86 bits per heavy atom. The van der Waals surface area contributed by atoms with Gasteiger partial charge in [-0.15, -0.1) is 0 Å². The molecule has 1 N–H and O–H groups in total. The molecule has 112 valence electrons. The molecule has 0 fully saturated rings. The third-order valence-corrected chi connectivity index (χ3v) is 3.80. The molecule has 0 radical (unpaired) electrons. The minimum Gasteiger partial charge on any atom is -0.627 e. The first-order chi connectivity index (χ1) is 10.6. The number of benzene rings is 2. The van der Waals surface area contributed by atoms with Crippen LogP contribution in [0.15, 0.2) is 54.3 Å². The molecule has 0 spiro atoms. The molecule has 2 aromatic carbocycles. The number of hydrogen-bond donors (Lipinski definition) is 1. The fourth-order valence-electron chi connectivity index (χ4n) is 2.42. The number of allylic oxidation sites excluding steroid dienone is 1. The van der Waals surface area contributed by atoms with Crippen LogP contribution in [0.2, 0.25) is 5.02 Å². The van der Waals surface area contributed by atoms with Crippen molar-refractivity contribution in [1.82, 2.24) is 0 Å². The van der Waals surface area contributed by atoms with Gasteiger partial charge in [0.1, 0.15) is 5.75 Å². The maximum Gasteiger partial charge on any atom is 0.379 e. The maximum absolute atomic E-state index is 12.2. The topological polar surface area (TPSA) is 53.8 Å². The van der Waals surface area contributed by atoms with Crippen LogP contribution in [0.1, 0.15) is 11.1 Å². The zero-order valence-corrected chi connectivity index (χ0v) is 12.7. The maximum atomic E-state index is 12.2. The number of quaternary nitrogens is 1. The summed E-state index contributed by atoms with van der Waals surface area (Å²) in [5, 5.41) is 11.6. The number of halogens is 1. The second kappa shape index (κ2) is 5.93. The molecule has 2 aromatic rings. The normalized spacial score (nSPS) is 15.0. The second-order valence-electron chi connectivity index (χ2n) is 5.09. The van der Waals surface area contributed by atoms with E-state index < -0.39 is 11.0 Å². The number of fused-ring (bicyclic) bond motifs is 1. The Hall–Kier alpha value is -2.14. The van der Waals surface area contributed by atoms with Gasteiger partial charge in [-0.05, 0) is 29.3 Å². The van der Waals surface area contributed by atoms with E-state index in [1.54, 1.807) is 18.2 Å². The second-order valence-corrected chi connectivity index (χ2v) is 5.52. The van der Waals surface area contributed by atoms with Crippen LogP contribution >= 0.6 is 11.6 Å². The molecule has 1 heterocycles. The van der Waals surface area contributed by atoms with Crippen molar-refractivity contribution in [2.45, 2.75) is 6.42 Å². The zero-order valence-electron chi connectivity index (χ0n) is 11.9. The summed E-state index contributed by atoms with van der Waals surface area (Å²) in [4.78, 5) is 12.2. The molecular weight excluding hydrogens is 302 g/mol. The van der Waals surface area contributed by atoms with Crippen molar-refractivity contribution >= 4 is 23.1 Å². The summed E-state index contributed by atoms with van der Waals surface area (Å²) < 4.78 is 5.73. The predicted molar refractivity (Wildman–Crippen MR) is 84.4 cm³/mol. The van der Waals surface area contributed by atoms with Gasteiger partial charge >= 0.3 is 5.91 Å². The van der Waals surface area contributed by atoms with E-state index in [4.69, 9.17) is 16.3 Å². The van der Waals surface area contributed by atoms with Crippen molar-refractivity contribution in [1.29, 1.82) is 0 Å². The van der Waals surface area contributed by atoms with Gasteiger partial charge in [-0.25, -0.2) is 4.79 Å². The van der Waals surface area contributed by atoms with Crippen molar-refractivity contribution in [3.05, 3.63) is 75.6 Å². The Labute approximate surface area is 133 Å². The van der Waals surface area contributed by atoms with Crippen molar-refractivity contribution in [2.24, 2.45) is 0 Å². The summed E-state index contributed by atoms with van der Waals surface area (Å²) in [5.41, 5.74) is 2.51. The van der Waals surface area contributed by atoms with Crippen molar-refractivity contribution in [3.8, 4) is 5.75 Å². The van der Waals surface area contributed by atoms with Crippen LogP contribution in [0.4, 0.5) is 0 Å². The Bertz CT molecular complexity index is 751. The molecule has 1 aliphatic heterocycles. The molecule has 0 aliphatic carbocycles. The third kappa shape index (κ3) is 2.76. The van der Waals surface area contributed by atoms with Crippen molar-refractivity contribution in [3.63, 3.8) is 0 Å². The van der Waals surface area contributed by atoms with Gasteiger partial charge in [-0.2, -0.15) is 0 Å². The molecule has 1 unspecified atom stereocenters. The molecule has 0 saturated heterocycles. The van der Waals surface area contributed by atoms with Crippen molar-refractivity contribution in [2.75, 3.05) is 7.05 Å². The Kier molecular flexibility index (Phi) is 3.98. The van der Waals surface area contributed by atoms with E-state index in [2.05, 4.69) is 0 Å². The Morgan fingerprint density at radius 3 is 2.55 bits per heavy atom. The van der Waals surface area contributed by atoms with E-state index in [1.807, 2.05) is 30.3 Å². The molecule has 22 heavy (non-hydrogen) atoms. The van der Waals surface area contributed by atoms with E-state index in [0.717, 1.165) is 11.1 Å². The number of rotatable bonds is 2. The molecule has 0 saturated carbocycles. The van der Waals surface area contributed by atoms with Gasteiger partial charge in [0.25, 0.3) is 0 Å². The fourth-order valence-corrected chi connectivity index (χ4v) is 2.55. The monoisotopic (exact) mass is 315 g/mol. The van der Waals surface area contributed by atoms with Crippen LogP contribution in [0, 0.1) is 5.21 Å². The van der Waals surface area contributed by atoms with E-state index in [-0.39, 0.29) is 5.76 Å². The number of hydroxylamine groups is 2. The standard InChI is InChI=1S/C17H14ClNO3/c1-19(21)17(20)16-14(11-6-8-13(18)9-7-11)10-12-4-2-3-5-15(12)22-16/h2-9,19H,10H2,1H3. The number of carbonyl (C=O) groups excluding carboxylic acids is 1. The highest BCUT2D eigenvalue weighted by Gasteiger charge is 2.28. The Balaban J connectivity index is 2.11. The smallest absolute Gasteiger partial charge is 0.379 e. The van der Waals surface area contributed by atoms with Gasteiger partial charge in [0.05, 0.1) is 7.05 Å². The first-order valence-electron chi connectivity index (χ1n) is 6.86. The highest BCUT2D eigenvalue weighted by atomic mass is 35.5. The van der Waals surface area contributed by atoms with E-state index in [9.17, 15) is 10.0 Å². The lowest BCUT2D eigenvalue weighted by molar-refractivity contribution is -0.738. The third-order valence-electron chi connectivity index (χ3n) is 3.54. The molecule has 5 heteroatoms. The van der Waals surface area contributed by atoms with Gasteiger partial charge < -0.3 is 15.0 Å². The quantitative estimate of drug-likeness (QED) is 0.865. The lowest BCUT2D eigenvalue weighted by Gasteiger charge is -2.24. The van der Waals surface area contributed by atoms with Gasteiger partial charge in [0, 0.05) is 17.0 Å². The van der Waals surface area contributed by atoms with E-state index in [0.29, 0.717) is 22.8 Å². The van der Waals surface area contributed by atoms with Crippen LogP contribution in [-0.2, 0) is 11.2 Å². The summed E-state index contributed by atoms with van der Waals surface area (Å²) >= 11 is 5.91. The van der Waals surface area contributed by atoms with Crippen LogP contribution in [0.5, 0.6) is 5.75 Å². The summed E-state index contributed by atoms with van der Waals surface area (Å²) in [5.74, 6) is 0.109. The lowest BCUT2D eigenvalue weighted by atomic mass is 9.94.